The van der Waals surface area contributed by atoms with Crippen molar-refractivity contribution in [2.24, 2.45) is 0 Å². The first-order chi connectivity index (χ1) is 7.58. The van der Waals surface area contributed by atoms with Crippen LogP contribution in [0.2, 0.25) is 5.02 Å². The summed E-state index contributed by atoms with van der Waals surface area (Å²) in [5, 5.41) is 11.6. The maximum atomic E-state index is 11.1. The Labute approximate surface area is 102 Å². The molecule has 0 aliphatic carbocycles. The average molecular weight is 253 g/mol. The van der Waals surface area contributed by atoms with Crippen molar-refractivity contribution in [2.45, 2.75) is 6.92 Å². The number of rotatable bonds is 2. The molecule has 0 atom stereocenters. The lowest BCUT2D eigenvalue weighted by Crippen LogP contribution is -1.98. The Kier molecular flexibility index (Phi) is 2.99. The number of halogens is 1. The van der Waals surface area contributed by atoms with Crippen molar-refractivity contribution >= 4 is 28.9 Å². The Morgan fingerprint density at radius 3 is 2.69 bits per heavy atom. The molecule has 0 saturated carbocycles. The summed E-state index contributed by atoms with van der Waals surface area (Å²) in [6, 6.07) is 6.77. The Hall–Kier alpha value is -1.32. The average Bonchev–Trinajstić information content (AvgIpc) is 2.64. The smallest absolute Gasteiger partial charge is 0.336 e. The summed E-state index contributed by atoms with van der Waals surface area (Å²) in [7, 11) is 0. The van der Waals surface area contributed by atoms with Gasteiger partial charge in [0.25, 0.3) is 0 Å². The fourth-order valence-electron chi connectivity index (χ4n) is 1.53. The van der Waals surface area contributed by atoms with Gasteiger partial charge < -0.3 is 5.11 Å². The van der Waals surface area contributed by atoms with Gasteiger partial charge in [0.1, 0.15) is 0 Å². The molecule has 1 N–H and O–H groups in total. The zero-order chi connectivity index (χ0) is 11.7. The summed E-state index contributed by atoms with van der Waals surface area (Å²) in [5.74, 6) is -0.935. The molecule has 0 aliphatic rings. The molecule has 1 aromatic carbocycles. The van der Waals surface area contributed by atoms with E-state index in [-0.39, 0.29) is 5.56 Å². The van der Waals surface area contributed by atoms with Gasteiger partial charge in [-0.05, 0) is 47.7 Å². The monoisotopic (exact) mass is 252 g/mol. The minimum Gasteiger partial charge on any atom is -0.478 e. The molecule has 2 nitrogen and oxygen atoms in total. The highest BCUT2D eigenvalue weighted by molar-refractivity contribution is 7.10. The van der Waals surface area contributed by atoms with Crippen LogP contribution in [0.4, 0.5) is 0 Å². The third-order valence-electron chi connectivity index (χ3n) is 2.25. The van der Waals surface area contributed by atoms with E-state index in [1.807, 2.05) is 18.4 Å². The first-order valence-electron chi connectivity index (χ1n) is 4.66. The van der Waals surface area contributed by atoms with Crippen LogP contribution in [0.5, 0.6) is 0 Å². The van der Waals surface area contributed by atoms with Crippen molar-refractivity contribution in [2.75, 3.05) is 0 Å². The second-order valence-corrected chi connectivity index (χ2v) is 4.99. The van der Waals surface area contributed by atoms with Gasteiger partial charge in [0.15, 0.2) is 0 Å². The summed E-state index contributed by atoms with van der Waals surface area (Å²) >= 11 is 7.48. The summed E-state index contributed by atoms with van der Waals surface area (Å²) in [6.07, 6.45) is 0. The molecular formula is C12H9ClO2S. The first-order valence-corrected chi connectivity index (χ1v) is 5.92. The van der Waals surface area contributed by atoms with E-state index in [2.05, 4.69) is 0 Å². The summed E-state index contributed by atoms with van der Waals surface area (Å²) < 4.78 is 0. The molecular weight excluding hydrogens is 244 g/mol. The minimum atomic E-state index is -0.935. The number of carbonyl (C=O) groups is 1. The zero-order valence-corrected chi connectivity index (χ0v) is 10.1. The molecule has 0 fully saturated rings. The van der Waals surface area contributed by atoms with E-state index in [0.717, 1.165) is 10.4 Å². The van der Waals surface area contributed by atoms with E-state index in [1.54, 1.807) is 23.5 Å². The molecule has 1 aromatic heterocycles. The number of aryl methyl sites for hydroxylation is 1. The summed E-state index contributed by atoms with van der Waals surface area (Å²) in [4.78, 5) is 12.2. The van der Waals surface area contributed by atoms with E-state index >= 15 is 0 Å². The standard InChI is InChI=1S/C12H9ClO2S/c1-7-4-8(6-16-7)11-5-9(13)2-3-10(11)12(14)15/h2-6H,1H3,(H,14,15). The minimum absolute atomic E-state index is 0.280. The van der Waals surface area contributed by atoms with Gasteiger partial charge in [-0.3, -0.25) is 0 Å². The molecule has 0 aliphatic heterocycles. The van der Waals surface area contributed by atoms with Crippen molar-refractivity contribution < 1.29 is 9.90 Å². The number of carboxylic acid groups (broad SMARTS) is 1. The molecule has 4 heteroatoms. The van der Waals surface area contributed by atoms with Crippen LogP contribution in [-0.2, 0) is 0 Å². The first kappa shape index (κ1) is 11.2. The van der Waals surface area contributed by atoms with Crippen molar-refractivity contribution in [1.29, 1.82) is 0 Å². The van der Waals surface area contributed by atoms with Gasteiger partial charge in [-0.15, -0.1) is 11.3 Å². The molecule has 1 heterocycles. The highest BCUT2D eigenvalue weighted by Gasteiger charge is 2.12. The molecule has 2 rings (SSSR count). The fourth-order valence-corrected chi connectivity index (χ4v) is 2.40. The lowest BCUT2D eigenvalue weighted by molar-refractivity contribution is 0.0698. The van der Waals surface area contributed by atoms with E-state index in [4.69, 9.17) is 16.7 Å². The van der Waals surface area contributed by atoms with Crippen LogP contribution in [0.15, 0.2) is 29.6 Å². The number of carboxylic acids is 1. The molecule has 0 saturated heterocycles. The van der Waals surface area contributed by atoms with Crippen LogP contribution in [-0.4, -0.2) is 11.1 Å². The molecule has 82 valence electrons. The number of hydrogen-bond acceptors (Lipinski definition) is 2. The largest absolute Gasteiger partial charge is 0.478 e. The highest BCUT2D eigenvalue weighted by Crippen LogP contribution is 2.30. The number of aromatic carboxylic acids is 1. The second kappa shape index (κ2) is 4.28. The van der Waals surface area contributed by atoms with E-state index < -0.39 is 5.97 Å². The Morgan fingerprint density at radius 1 is 1.38 bits per heavy atom. The van der Waals surface area contributed by atoms with Gasteiger partial charge in [0.2, 0.25) is 0 Å². The predicted octanol–water partition coefficient (Wildman–Crippen LogP) is 4.08. The zero-order valence-electron chi connectivity index (χ0n) is 8.53. The van der Waals surface area contributed by atoms with E-state index in [9.17, 15) is 4.79 Å². The van der Waals surface area contributed by atoms with Gasteiger partial charge in [-0.2, -0.15) is 0 Å². The molecule has 2 aromatic rings. The molecule has 0 radical (unpaired) electrons. The van der Waals surface area contributed by atoms with E-state index in [0.29, 0.717) is 10.6 Å². The Bertz CT molecular complexity index is 546. The lowest BCUT2D eigenvalue weighted by atomic mass is 10.0. The fraction of sp³-hybridized carbons (Fsp3) is 0.0833. The summed E-state index contributed by atoms with van der Waals surface area (Å²) in [6.45, 7) is 1.99. The third-order valence-corrected chi connectivity index (χ3v) is 3.35. The van der Waals surface area contributed by atoms with Crippen molar-refractivity contribution in [3.63, 3.8) is 0 Å². The predicted molar refractivity (Wildman–Crippen MR) is 66.5 cm³/mol. The summed E-state index contributed by atoms with van der Waals surface area (Å²) in [5.41, 5.74) is 1.86. The highest BCUT2D eigenvalue weighted by atomic mass is 35.5. The van der Waals surface area contributed by atoms with Crippen LogP contribution >= 0.6 is 22.9 Å². The Morgan fingerprint density at radius 2 is 2.12 bits per heavy atom. The van der Waals surface area contributed by atoms with Crippen molar-refractivity contribution in [3.8, 4) is 11.1 Å². The number of thiophene rings is 1. The van der Waals surface area contributed by atoms with Gasteiger partial charge in [0.05, 0.1) is 5.56 Å². The van der Waals surface area contributed by atoms with Crippen molar-refractivity contribution in [3.05, 3.63) is 45.1 Å². The lowest BCUT2D eigenvalue weighted by Gasteiger charge is -2.04. The number of hydrogen-bond donors (Lipinski definition) is 1. The van der Waals surface area contributed by atoms with Gasteiger partial charge in [0, 0.05) is 9.90 Å². The van der Waals surface area contributed by atoms with Crippen molar-refractivity contribution in [1.82, 2.24) is 0 Å². The van der Waals surface area contributed by atoms with Gasteiger partial charge in [-0.25, -0.2) is 4.79 Å². The quantitative estimate of drug-likeness (QED) is 0.875. The van der Waals surface area contributed by atoms with Crippen LogP contribution in [0, 0.1) is 6.92 Å². The number of benzene rings is 1. The molecule has 0 bridgehead atoms. The maximum Gasteiger partial charge on any atom is 0.336 e. The topological polar surface area (TPSA) is 37.3 Å². The van der Waals surface area contributed by atoms with Gasteiger partial charge in [-0.1, -0.05) is 11.6 Å². The molecule has 16 heavy (non-hydrogen) atoms. The molecule has 0 spiro atoms. The normalized spacial score (nSPS) is 10.4. The molecule has 0 unspecified atom stereocenters. The second-order valence-electron chi connectivity index (χ2n) is 3.44. The third kappa shape index (κ3) is 2.10. The maximum absolute atomic E-state index is 11.1. The molecule has 0 amide bonds. The van der Waals surface area contributed by atoms with E-state index in [1.165, 1.54) is 6.07 Å². The van der Waals surface area contributed by atoms with Crippen LogP contribution in [0.25, 0.3) is 11.1 Å². The van der Waals surface area contributed by atoms with Crippen LogP contribution in [0.3, 0.4) is 0 Å². The Balaban J connectivity index is 2.62. The van der Waals surface area contributed by atoms with Crippen LogP contribution < -0.4 is 0 Å². The van der Waals surface area contributed by atoms with Crippen LogP contribution in [0.1, 0.15) is 15.2 Å². The van der Waals surface area contributed by atoms with Gasteiger partial charge >= 0.3 is 5.97 Å². The SMILES string of the molecule is Cc1cc(-c2cc(Cl)ccc2C(=O)O)cs1.